The van der Waals surface area contributed by atoms with Crippen molar-refractivity contribution in [1.29, 1.82) is 0 Å². The molecule has 0 radical (unpaired) electrons. The standard InChI is InChI=1S/C20H20N2O3/c1-4-20(24)15-10-11-22-13(3)12(2)21-19(22)17(15)25-16(18(20)23)14-8-6-5-7-9-14/h4-11,16,18,23-24H,1H2,2-3H3/t16-,18-,20-/m1/s1. The van der Waals surface area contributed by atoms with Crippen molar-refractivity contribution in [2.45, 2.75) is 31.7 Å². The largest absolute Gasteiger partial charge is 0.479 e. The van der Waals surface area contributed by atoms with Crippen molar-refractivity contribution >= 4 is 5.65 Å². The van der Waals surface area contributed by atoms with E-state index in [0.29, 0.717) is 17.0 Å². The highest BCUT2D eigenvalue weighted by Gasteiger charge is 2.48. The maximum absolute atomic E-state index is 11.2. The number of aryl methyl sites for hydroxylation is 2. The van der Waals surface area contributed by atoms with Crippen LogP contribution in [-0.4, -0.2) is 25.7 Å². The topological polar surface area (TPSA) is 67.0 Å². The van der Waals surface area contributed by atoms with Crippen LogP contribution >= 0.6 is 0 Å². The summed E-state index contributed by atoms with van der Waals surface area (Å²) >= 11 is 0. The van der Waals surface area contributed by atoms with Crippen molar-refractivity contribution in [3.63, 3.8) is 0 Å². The fraction of sp³-hybridized carbons (Fsp3) is 0.250. The van der Waals surface area contributed by atoms with Crippen molar-refractivity contribution in [3.05, 3.63) is 77.8 Å². The maximum Gasteiger partial charge on any atom is 0.180 e. The number of hydrogen-bond donors (Lipinski definition) is 2. The molecular weight excluding hydrogens is 316 g/mol. The third-order valence-corrected chi connectivity index (χ3v) is 5.08. The third-order valence-electron chi connectivity index (χ3n) is 5.08. The number of fused-ring (bicyclic) bond motifs is 3. The molecule has 4 rings (SSSR count). The van der Waals surface area contributed by atoms with Gasteiger partial charge >= 0.3 is 0 Å². The minimum Gasteiger partial charge on any atom is -0.479 e. The van der Waals surface area contributed by atoms with Gasteiger partial charge in [-0.2, -0.15) is 0 Å². The first-order chi connectivity index (χ1) is 12.0. The van der Waals surface area contributed by atoms with Crippen LogP contribution in [0.3, 0.4) is 0 Å². The molecule has 1 aromatic carbocycles. The van der Waals surface area contributed by atoms with Crippen LogP contribution in [0.2, 0.25) is 0 Å². The second-order valence-electron chi connectivity index (χ2n) is 6.46. The van der Waals surface area contributed by atoms with Gasteiger partial charge in [0, 0.05) is 17.5 Å². The summed E-state index contributed by atoms with van der Waals surface area (Å²) < 4.78 is 8.10. The normalized spacial score (nSPS) is 25.4. The fourth-order valence-corrected chi connectivity index (χ4v) is 3.45. The highest BCUT2D eigenvalue weighted by atomic mass is 16.5. The van der Waals surface area contributed by atoms with Gasteiger partial charge in [-0.1, -0.05) is 43.0 Å². The smallest absolute Gasteiger partial charge is 0.180 e. The van der Waals surface area contributed by atoms with E-state index in [2.05, 4.69) is 11.6 Å². The Morgan fingerprint density at radius 1 is 1.24 bits per heavy atom. The fourth-order valence-electron chi connectivity index (χ4n) is 3.45. The van der Waals surface area contributed by atoms with E-state index in [1.807, 2.05) is 54.8 Å². The Hall–Kier alpha value is -2.63. The maximum atomic E-state index is 11.2. The van der Waals surface area contributed by atoms with E-state index in [1.165, 1.54) is 6.08 Å². The molecule has 3 aromatic rings. The molecule has 2 aromatic heterocycles. The summed E-state index contributed by atoms with van der Waals surface area (Å²) in [6, 6.07) is 11.1. The number of benzene rings is 1. The van der Waals surface area contributed by atoms with Gasteiger partial charge in [0.15, 0.2) is 17.5 Å². The van der Waals surface area contributed by atoms with Gasteiger partial charge < -0.3 is 19.4 Å². The van der Waals surface area contributed by atoms with Crippen LogP contribution in [0, 0.1) is 13.8 Å². The average molecular weight is 336 g/mol. The molecule has 0 amide bonds. The zero-order chi connectivity index (χ0) is 17.8. The van der Waals surface area contributed by atoms with Crippen LogP contribution < -0.4 is 4.74 Å². The number of hydrogen-bond acceptors (Lipinski definition) is 4. The Morgan fingerprint density at radius 3 is 2.64 bits per heavy atom. The lowest BCUT2D eigenvalue weighted by molar-refractivity contribution is -0.114. The quantitative estimate of drug-likeness (QED) is 0.706. The summed E-state index contributed by atoms with van der Waals surface area (Å²) in [7, 11) is 0. The van der Waals surface area contributed by atoms with Crippen molar-refractivity contribution in [2.24, 2.45) is 0 Å². The molecule has 3 heterocycles. The van der Waals surface area contributed by atoms with Crippen LogP contribution in [0.15, 0.2) is 55.3 Å². The van der Waals surface area contributed by atoms with Crippen molar-refractivity contribution in [3.8, 4) is 5.75 Å². The van der Waals surface area contributed by atoms with E-state index in [4.69, 9.17) is 4.74 Å². The molecule has 0 saturated heterocycles. The Balaban J connectivity index is 1.99. The monoisotopic (exact) mass is 336 g/mol. The summed E-state index contributed by atoms with van der Waals surface area (Å²) in [6.45, 7) is 7.65. The molecule has 0 bridgehead atoms. The van der Waals surface area contributed by atoms with E-state index < -0.39 is 17.8 Å². The van der Waals surface area contributed by atoms with Gasteiger partial charge in [0.1, 0.15) is 11.7 Å². The number of aliphatic hydroxyl groups excluding tert-OH is 1. The molecule has 25 heavy (non-hydrogen) atoms. The van der Waals surface area contributed by atoms with Crippen molar-refractivity contribution in [1.82, 2.24) is 9.38 Å². The third kappa shape index (κ3) is 2.13. The molecule has 3 atom stereocenters. The number of aromatic nitrogens is 2. The first-order valence-corrected chi connectivity index (χ1v) is 8.21. The molecule has 128 valence electrons. The highest BCUT2D eigenvalue weighted by molar-refractivity contribution is 5.63. The summed E-state index contributed by atoms with van der Waals surface area (Å²) in [5.41, 5.74) is 2.15. The van der Waals surface area contributed by atoms with Gasteiger partial charge in [-0.25, -0.2) is 4.98 Å². The van der Waals surface area contributed by atoms with Crippen LogP contribution in [-0.2, 0) is 5.60 Å². The molecule has 1 aliphatic rings. The van der Waals surface area contributed by atoms with Crippen LogP contribution in [0.1, 0.15) is 28.6 Å². The summed E-state index contributed by atoms with van der Waals surface area (Å²) in [5.74, 6) is 0.472. The predicted octanol–water partition coefficient (Wildman–Crippen LogP) is 2.82. The number of rotatable bonds is 2. The van der Waals surface area contributed by atoms with Crippen LogP contribution in [0.4, 0.5) is 0 Å². The highest BCUT2D eigenvalue weighted by Crippen LogP contribution is 2.47. The molecule has 2 N–H and O–H groups in total. The second-order valence-corrected chi connectivity index (χ2v) is 6.46. The summed E-state index contributed by atoms with van der Waals surface area (Å²) in [6.07, 6.45) is 1.30. The van der Waals surface area contributed by atoms with Gasteiger partial charge in [0.25, 0.3) is 0 Å². The number of pyridine rings is 1. The number of imidazole rings is 1. The molecular formula is C20H20N2O3. The van der Waals surface area contributed by atoms with Gasteiger partial charge in [-0.15, -0.1) is 0 Å². The zero-order valence-corrected chi connectivity index (χ0v) is 14.2. The Labute approximate surface area is 145 Å². The SMILES string of the molecule is C=C[C@@]1(O)c2ccn3c(C)c(C)nc3c2O[C@H](c2ccccc2)[C@H]1O. The van der Waals surface area contributed by atoms with Gasteiger partial charge in [0.05, 0.1) is 5.69 Å². The first kappa shape index (κ1) is 15.9. The lowest BCUT2D eigenvalue weighted by atomic mass is 9.81. The second kappa shape index (κ2) is 5.44. The minimum atomic E-state index is -1.62. The molecule has 5 heteroatoms. The van der Waals surface area contributed by atoms with Crippen molar-refractivity contribution in [2.75, 3.05) is 0 Å². The molecule has 1 aliphatic heterocycles. The van der Waals surface area contributed by atoms with Gasteiger partial charge in [-0.3, -0.25) is 0 Å². The average Bonchev–Trinajstić information content (AvgIpc) is 2.93. The Bertz CT molecular complexity index is 964. The summed E-state index contributed by atoms with van der Waals surface area (Å²) in [5, 5.41) is 22.0. The minimum absolute atomic E-state index is 0.472. The van der Waals surface area contributed by atoms with Crippen LogP contribution in [0.5, 0.6) is 5.75 Å². The van der Waals surface area contributed by atoms with E-state index in [9.17, 15) is 10.2 Å². The molecule has 0 spiro atoms. The lowest BCUT2D eigenvalue weighted by Gasteiger charge is -2.41. The summed E-state index contributed by atoms with van der Waals surface area (Å²) in [4.78, 5) is 4.59. The Morgan fingerprint density at radius 2 is 1.96 bits per heavy atom. The number of nitrogens with zero attached hydrogens (tertiary/aromatic N) is 2. The number of aliphatic hydroxyl groups is 2. The van der Waals surface area contributed by atoms with E-state index in [0.717, 1.165) is 17.0 Å². The molecule has 5 nitrogen and oxygen atoms in total. The van der Waals surface area contributed by atoms with Gasteiger partial charge in [0.2, 0.25) is 0 Å². The predicted molar refractivity (Wildman–Crippen MR) is 94.6 cm³/mol. The Kier molecular flexibility index (Phi) is 3.45. The zero-order valence-electron chi connectivity index (χ0n) is 14.2. The van der Waals surface area contributed by atoms with Crippen LogP contribution in [0.25, 0.3) is 5.65 Å². The van der Waals surface area contributed by atoms with E-state index in [1.54, 1.807) is 6.07 Å². The lowest BCUT2D eigenvalue weighted by Crippen LogP contribution is -2.47. The molecule has 0 fully saturated rings. The molecule has 0 saturated carbocycles. The molecule has 0 aliphatic carbocycles. The van der Waals surface area contributed by atoms with E-state index in [-0.39, 0.29) is 0 Å². The van der Waals surface area contributed by atoms with E-state index >= 15 is 0 Å². The molecule has 0 unspecified atom stereocenters. The first-order valence-electron chi connectivity index (χ1n) is 8.21. The van der Waals surface area contributed by atoms with Gasteiger partial charge in [-0.05, 0) is 25.5 Å². The van der Waals surface area contributed by atoms with Crippen molar-refractivity contribution < 1.29 is 14.9 Å². The number of ether oxygens (including phenoxy) is 1.